The van der Waals surface area contributed by atoms with Gasteiger partial charge in [-0.25, -0.2) is 0 Å². The summed E-state index contributed by atoms with van der Waals surface area (Å²) < 4.78 is 6.21. The van der Waals surface area contributed by atoms with E-state index in [2.05, 4.69) is 45.1 Å². The van der Waals surface area contributed by atoms with Gasteiger partial charge in [-0.2, -0.15) is 0 Å². The third-order valence-electron chi connectivity index (χ3n) is 4.72. The third kappa shape index (κ3) is 3.54. The Morgan fingerprint density at radius 3 is 2.45 bits per heavy atom. The first kappa shape index (κ1) is 15.4. The van der Waals surface area contributed by atoms with Gasteiger partial charge in [0.15, 0.2) is 0 Å². The molecule has 1 atom stereocenters. The van der Waals surface area contributed by atoms with Gasteiger partial charge in [0.25, 0.3) is 0 Å². The average molecular weight is 275 g/mol. The maximum atomic E-state index is 6.21. The van der Waals surface area contributed by atoms with E-state index in [1.54, 1.807) is 0 Å². The van der Waals surface area contributed by atoms with Gasteiger partial charge in [-0.3, -0.25) is 0 Å². The first-order valence-electron chi connectivity index (χ1n) is 8.06. The normalized spacial score (nSPS) is 17.4. The molecule has 2 heteroatoms. The van der Waals surface area contributed by atoms with Gasteiger partial charge >= 0.3 is 0 Å². The van der Waals surface area contributed by atoms with Crippen molar-refractivity contribution in [1.29, 1.82) is 0 Å². The zero-order valence-electron chi connectivity index (χ0n) is 13.5. The molecule has 0 bridgehead atoms. The molecular formula is C18H29NO. The molecule has 1 aromatic carbocycles. The summed E-state index contributed by atoms with van der Waals surface area (Å²) in [4.78, 5) is 0. The molecule has 0 aliphatic heterocycles. The minimum atomic E-state index is 0.502. The molecule has 0 aromatic heterocycles. The van der Waals surface area contributed by atoms with Gasteiger partial charge in [0.05, 0.1) is 0 Å². The highest BCUT2D eigenvalue weighted by molar-refractivity contribution is 5.44. The minimum absolute atomic E-state index is 0.502. The summed E-state index contributed by atoms with van der Waals surface area (Å²) in [7, 11) is 0. The first-order valence-corrected chi connectivity index (χ1v) is 8.06. The van der Waals surface area contributed by atoms with Crippen molar-refractivity contribution in [2.24, 2.45) is 5.92 Å². The van der Waals surface area contributed by atoms with Gasteiger partial charge in [-0.05, 0) is 62.8 Å². The Hall–Kier alpha value is -1.02. The molecule has 2 nitrogen and oxygen atoms in total. The first-order chi connectivity index (χ1) is 9.63. The van der Waals surface area contributed by atoms with Gasteiger partial charge < -0.3 is 10.1 Å². The Balaban J connectivity index is 2.03. The van der Waals surface area contributed by atoms with Gasteiger partial charge in [0.2, 0.25) is 0 Å². The third-order valence-corrected chi connectivity index (χ3v) is 4.72. The maximum Gasteiger partial charge on any atom is 0.125 e. The Morgan fingerprint density at radius 2 is 1.80 bits per heavy atom. The molecule has 0 saturated heterocycles. The van der Waals surface area contributed by atoms with Crippen LogP contribution in [0.4, 0.5) is 0 Å². The van der Waals surface area contributed by atoms with Crippen molar-refractivity contribution in [2.45, 2.75) is 59.4 Å². The number of likely N-dealkylation sites (N-methyl/N-ethyl adjacent to an activating group) is 1. The summed E-state index contributed by atoms with van der Waals surface area (Å²) in [6.07, 6.45) is 5.48. The average Bonchev–Trinajstić information content (AvgIpc) is 2.96. The van der Waals surface area contributed by atoms with Crippen LogP contribution in [0.5, 0.6) is 5.75 Å². The lowest BCUT2D eigenvalue weighted by Gasteiger charge is -2.25. The minimum Gasteiger partial charge on any atom is -0.491 e. The molecule has 0 amide bonds. The summed E-state index contributed by atoms with van der Waals surface area (Å²) in [5.41, 5.74) is 3.84. The summed E-state index contributed by atoms with van der Waals surface area (Å²) >= 11 is 0. The van der Waals surface area contributed by atoms with E-state index in [4.69, 9.17) is 4.74 Å². The van der Waals surface area contributed by atoms with Crippen LogP contribution in [0.2, 0.25) is 0 Å². The van der Waals surface area contributed by atoms with Gasteiger partial charge in [-0.15, -0.1) is 0 Å². The Kier molecular flexibility index (Phi) is 5.47. The van der Waals surface area contributed by atoms with Crippen LogP contribution >= 0.6 is 0 Å². The fraction of sp³-hybridized carbons (Fsp3) is 0.667. The van der Waals surface area contributed by atoms with E-state index in [0.717, 1.165) is 24.8 Å². The lowest BCUT2D eigenvalue weighted by Crippen LogP contribution is -2.40. The molecule has 1 N–H and O–H groups in total. The summed E-state index contributed by atoms with van der Waals surface area (Å²) in [5.74, 6) is 1.88. The van der Waals surface area contributed by atoms with E-state index in [1.165, 1.54) is 42.4 Å². The van der Waals surface area contributed by atoms with Gasteiger partial charge in [-0.1, -0.05) is 31.9 Å². The zero-order chi connectivity index (χ0) is 14.5. The highest BCUT2D eigenvalue weighted by Gasteiger charge is 2.25. The molecule has 0 radical (unpaired) electrons. The van der Waals surface area contributed by atoms with E-state index >= 15 is 0 Å². The quantitative estimate of drug-likeness (QED) is 0.841. The number of aryl methyl sites for hydroxylation is 2. The second-order valence-corrected chi connectivity index (χ2v) is 6.17. The highest BCUT2D eigenvalue weighted by Crippen LogP contribution is 2.30. The fourth-order valence-electron chi connectivity index (χ4n) is 3.30. The molecule has 20 heavy (non-hydrogen) atoms. The molecule has 2 rings (SSSR count). The zero-order valence-corrected chi connectivity index (χ0v) is 13.5. The Bertz CT molecular complexity index is 435. The Labute approximate surface area is 123 Å². The smallest absolute Gasteiger partial charge is 0.125 e. The van der Waals surface area contributed by atoms with Crippen molar-refractivity contribution in [3.63, 3.8) is 0 Å². The molecule has 112 valence electrons. The predicted molar refractivity (Wildman–Crippen MR) is 85.6 cm³/mol. The van der Waals surface area contributed by atoms with Crippen molar-refractivity contribution in [2.75, 3.05) is 13.2 Å². The topological polar surface area (TPSA) is 21.3 Å². The lowest BCUT2D eigenvalue weighted by atomic mass is 9.98. The Morgan fingerprint density at radius 1 is 1.15 bits per heavy atom. The van der Waals surface area contributed by atoms with E-state index in [1.807, 2.05) is 0 Å². The van der Waals surface area contributed by atoms with E-state index in [9.17, 15) is 0 Å². The highest BCUT2D eigenvalue weighted by atomic mass is 16.5. The second kappa shape index (κ2) is 7.12. The number of ether oxygens (including phenoxy) is 1. The SMILES string of the molecule is CCNC(COc1c(C)ccc(C)c1C)C1CCCC1. The molecule has 1 fully saturated rings. The number of nitrogens with one attached hydrogen (secondary N) is 1. The van der Waals surface area contributed by atoms with Gasteiger partial charge in [0, 0.05) is 6.04 Å². The van der Waals surface area contributed by atoms with Crippen molar-refractivity contribution >= 4 is 0 Å². The van der Waals surface area contributed by atoms with Crippen molar-refractivity contribution in [3.05, 3.63) is 28.8 Å². The largest absolute Gasteiger partial charge is 0.491 e. The second-order valence-electron chi connectivity index (χ2n) is 6.17. The standard InChI is InChI=1S/C18H29NO/c1-5-19-17(16-8-6-7-9-16)12-20-18-14(3)11-10-13(2)15(18)4/h10-11,16-17,19H,5-9,12H2,1-4H3. The number of hydrogen-bond donors (Lipinski definition) is 1. The number of benzene rings is 1. The predicted octanol–water partition coefficient (Wildman–Crippen LogP) is 4.16. The molecule has 1 unspecified atom stereocenters. The monoisotopic (exact) mass is 275 g/mol. The van der Waals surface area contributed by atoms with Crippen LogP contribution in [0.3, 0.4) is 0 Å². The van der Waals surface area contributed by atoms with Crippen LogP contribution in [-0.4, -0.2) is 19.2 Å². The van der Waals surface area contributed by atoms with E-state index < -0.39 is 0 Å². The summed E-state index contributed by atoms with van der Waals surface area (Å²) in [6, 6.07) is 4.84. The lowest BCUT2D eigenvalue weighted by molar-refractivity contribution is 0.217. The van der Waals surface area contributed by atoms with Crippen LogP contribution in [0.15, 0.2) is 12.1 Å². The molecule has 1 aliphatic rings. The van der Waals surface area contributed by atoms with E-state index in [0.29, 0.717) is 6.04 Å². The summed E-state index contributed by atoms with van der Waals surface area (Å²) in [6.45, 7) is 10.5. The maximum absolute atomic E-state index is 6.21. The van der Waals surface area contributed by atoms with Crippen LogP contribution in [0.1, 0.15) is 49.3 Å². The van der Waals surface area contributed by atoms with Crippen LogP contribution in [0, 0.1) is 26.7 Å². The van der Waals surface area contributed by atoms with Crippen molar-refractivity contribution in [3.8, 4) is 5.75 Å². The van der Waals surface area contributed by atoms with Gasteiger partial charge in [0.1, 0.15) is 12.4 Å². The summed E-state index contributed by atoms with van der Waals surface area (Å²) in [5, 5.41) is 3.62. The molecular weight excluding hydrogens is 246 g/mol. The number of rotatable bonds is 6. The molecule has 1 aromatic rings. The number of hydrogen-bond acceptors (Lipinski definition) is 2. The van der Waals surface area contributed by atoms with Crippen LogP contribution < -0.4 is 10.1 Å². The van der Waals surface area contributed by atoms with E-state index in [-0.39, 0.29) is 0 Å². The van der Waals surface area contributed by atoms with Crippen molar-refractivity contribution < 1.29 is 4.74 Å². The van der Waals surface area contributed by atoms with Crippen molar-refractivity contribution in [1.82, 2.24) is 5.32 Å². The van der Waals surface area contributed by atoms with Crippen LogP contribution in [-0.2, 0) is 0 Å². The fourth-order valence-corrected chi connectivity index (χ4v) is 3.30. The molecule has 1 saturated carbocycles. The van der Waals surface area contributed by atoms with Crippen LogP contribution in [0.25, 0.3) is 0 Å². The molecule has 0 heterocycles. The molecule has 0 spiro atoms. The molecule has 1 aliphatic carbocycles.